The minimum Gasteiger partial charge on any atom is -0.497 e. The lowest BCUT2D eigenvalue weighted by Crippen LogP contribution is -2.27. The second-order valence-corrected chi connectivity index (χ2v) is 7.90. The van der Waals surface area contributed by atoms with E-state index in [9.17, 15) is 4.79 Å². The van der Waals surface area contributed by atoms with Crippen LogP contribution in [-0.2, 0) is 4.79 Å². The van der Waals surface area contributed by atoms with Crippen molar-refractivity contribution in [2.24, 2.45) is 0 Å². The number of hydrogen-bond acceptors (Lipinski definition) is 6. The second kappa shape index (κ2) is 10.3. The second-order valence-electron chi connectivity index (χ2n) is 6.22. The molecule has 0 unspecified atom stereocenters. The smallest absolute Gasteiger partial charge is 0.266 e. The van der Waals surface area contributed by atoms with Crippen molar-refractivity contribution in [3.8, 4) is 17.2 Å². The van der Waals surface area contributed by atoms with Gasteiger partial charge in [0, 0.05) is 13.0 Å². The molecule has 29 heavy (non-hydrogen) atoms. The molecule has 1 saturated heterocycles. The number of methoxy groups -OCH3 is 1. The van der Waals surface area contributed by atoms with Crippen molar-refractivity contribution >= 4 is 40.3 Å². The van der Waals surface area contributed by atoms with Crippen LogP contribution in [0.5, 0.6) is 17.2 Å². The first-order valence-corrected chi connectivity index (χ1v) is 10.6. The van der Waals surface area contributed by atoms with E-state index in [1.54, 1.807) is 12.0 Å². The molecule has 0 N–H and O–H groups in total. The number of ether oxygens (including phenoxy) is 3. The highest BCUT2D eigenvalue weighted by molar-refractivity contribution is 8.26. The molecule has 2 aromatic rings. The van der Waals surface area contributed by atoms with Gasteiger partial charge in [0.15, 0.2) is 0 Å². The summed E-state index contributed by atoms with van der Waals surface area (Å²) in [6, 6.07) is 15.2. The number of nitrogens with zero attached hydrogens (tertiary/aromatic N) is 1. The van der Waals surface area contributed by atoms with Gasteiger partial charge in [0.25, 0.3) is 5.91 Å². The quantitative estimate of drug-likeness (QED) is 0.325. The molecular formula is C22H23NO4S2. The normalized spacial score (nSPS) is 15.1. The van der Waals surface area contributed by atoms with Crippen molar-refractivity contribution in [1.29, 1.82) is 0 Å². The highest BCUT2D eigenvalue weighted by atomic mass is 32.2. The highest BCUT2D eigenvalue weighted by Crippen LogP contribution is 2.32. The maximum Gasteiger partial charge on any atom is 0.266 e. The van der Waals surface area contributed by atoms with Gasteiger partial charge in [-0.25, -0.2) is 0 Å². The molecule has 0 spiro atoms. The summed E-state index contributed by atoms with van der Waals surface area (Å²) >= 11 is 6.58. The Hall–Kier alpha value is -2.51. The number of carbonyl (C=O) groups excluding carboxylic acids is 1. The largest absolute Gasteiger partial charge is 0.497 e. The van der Waals surface area contributed by atoms with Gasteiger partial charge in [0.1, 0.15) is 21.6 Å². The molecule has 1 heterocycles. The molecule has 5 nitrogen and oxygen atoms in total. The molecule has 152 valence electrons. The molecule has 0 aromatic heterocycles. The lowest BCUT2D eigenvalue weighted by Gasteiger charge is -2.09. The van der Waals surface area contributed by atoms with Crippen LogP contribution in [-0.4, -0.2) is 42.0 Å². The van der Waals surface area contributed by atoms with Crippen molar-refractivity contribution in [3.05, 3.63) is 59.0 Å². The van der Waals surface area contributed by atoms with E-state index in [-0.39, 0.29) is 5.91 Å². The van der Waals surface area contributed by atoms with Gasteiger partial charge in [-0.1, -0.05) is 36.1 Å². The molecule has 0 bridgehead atoms. The van der Waals surface area contributed by atoms with Crippen molar-refractivity contribution in [2.45, 2.75) is 13.3 Å². The fourth-order valence-corrected chi connectivity index (χ4v) is 4.08. The van der Waals surface area contributed by atoms with Gasteiger partial charge < -0.3 is 14.2 Å². The van der Waals surface area contributed by atoms with Crippen LogP contribution < -0.4 is 14.2 Å². The molecule has 2 aromatic carbocycles. The van der Waals surface area contributed by atoms with Gasteiger partial charge in [-0.3, -0.25) is 9.69 Å². The lowest BCUT2D eigenvalue weighted by atomic mass is 10.2. The zero-order chi connectivity index (χ0) is 20.6. The summed E-state index contributed by atoms with van der Waals surface area (Å²) in [6.45, 7) is 3.65. The average Bonchev–Trinajstić information content (AvgIpc) is 3.01. The highest BCUT2D eigenvalue weighted by Gasteiger charge is 2.30. The van der Waals surface area contributed by atoms with Crippen molar-refractivity contribution in [3.63, 3.8) is 0 Å². The number of thiocarbonyl (C=S) groups is 1. The lowest BCUT2D eigenvalue weighted by molar-refractivity contribution is -0.121. The minimum absolute atomic E-state index is 0.0281. The maximum atomic E-state index is 12.3. The van der Waals surface area contributed by atoms with E-state index in [4.69, 9.17) is 26.4 Å². The average molecular weight is 430 g/mol. The van der Waals surface area contributed by atoms with E-state index >= 15 is 0 Å². The first-order chi connectivity index (χ1) is 14.1. The Morgan fingerprint density at radius 3 is 2.03 bits per heavy atom. The number of benzene rings is 2. The number of hydrogen-bond donors (Lipinski definition) is 0. The van der Waals surface area contributed by atoms with Crippen molar-refractivity contribution < 1.29 is 19.0 Å². The number of amides is 1. The first-order valence-electron chi connectivity index (χ1n) is 9.36. The predicted molar refractivity (Wildman–Crippen MR) is 121 cm³/mol. The molecule has 0 saturated carbocycles. The molecule has 0 aliphatic carbocycles. The molecule has 1 aliphatic heterocycles. The predicted octanol–water partition coefficient (Wildman–Crippen LogP) is 4.76. The molecule has 1 fully saturated rings. The van der Waals surface area contributed by atoms with E-state index in [2.05, 4.69) is 0 Å². The van der Waals surface area contributed by atoms with Crippen molar-refractivity contribution in [2.75, 3.05) is 26.9 Å². The summed E-state index contributed by atoms with van der Waals surface area (Å²) in [6.07, 6.45) is 2.63. The third kappa shape index (κ3) is 5.74. The number of likely N-dealkylation sites (N-methyl/N-ethyl adjacent to an activating group) is 1. The van der Waals surface area contributed by atoms with Gasteiger partial charge in [-0.05, 0) is 55.0 Å². The standard InChI is InChI=1S/C22H23NO4S2/c1-3-23-21(24)20(29-22(23)28)15-16-5-7-18(8-6-16)26-13-4-14-27-19-11-9-17(25-2)10-12-19/h5-12,15H,3-4,13-14H2,1-2H3/b20-15+. The summed E-state index contributed by atoms with van der Waals surface area (Å²) in [5.41, 5.74) is 0.941. The number of thioether (sulfide) groups is 1. The number of carbonyl (C=O) groups is 1. The SMILES string of the molecule is CCN1C(=O)/C(=C\c2ccc(OCCCOc3ccc(OC)cc3)cc2)SC1=S. The summed E-state index contributed by atoms with van der Waals surface area (Å²) in [5.74, 6) is 2.37. The zero-order valence-corrected chi connectivity index (χ0v) is 18.1. The molecule has 0 radical (unpaired) electrons. The van der Waals surface area contributed by atoms with E-state index in [1.165, 1.54) is 11.8 Å². The van der Waals surface area contributed by atoms with Crippen LogP contribution in [0.1, 0.15) is 18.9 Å². The van der Waals surface area contributed by atoms with Gasteiger partial charge in [-0.2, -0.15) is 0 Å². The molecule has 7 heteroatoms. The molecule has 3 rings (SSSR count). The van der Waals surface area contributed by atoms with Crippen LogP contribution >= 0.6 is 24.0 Å². The van der Waals surface area contributed by atoms with E-state index in [1.807, 2.05) is 61.5 Å². The maximum absolute atomic E-state index is 12.3. The Kier molecular flexibility index (Phi) is 7.55. The monoisotopic (exact) mass is 429 g/mol. The Labute approximate surface area is 180 Å². The van der Waals surface area contributed by atoms with Gasteiger partial charge in [-0.15, -0.1) is 0 Å². The van der Waals surface area contributed by atoms with Gasteiger partial charge >= 0.3 is 0 Å². The van der Waals surface area contributed by atoms with Crippen LogP contribution in [0.4, 0.5) is 0 Å². The Morgan fingerprint density at radius 2 is 1.52 bits per heavy atom. The third-order valence-electron chi connectivity index (χ3n) is 4.25. The third-order valence-corrected chi connectivity index (χ3v) is 5.63. The number of rotatable bonds is 9. The van der Waals surface area contributed by atoms with Gasteiger partial charge in [0.05, 0.1) is 25.2 Å². The Bertz CT molecular complexity index is 879. The van der Waals surface area contributed by atoms with Crippen LogP contribution in [0, 0.1) is 0 Å². The van der Waals surface area contributed by atoms with Crippen LogP contribution in [0.25, 0.3) is 6.08 Å². The molecule has 1 amide bonds. The Morgan fingerprint density at radius 1 is 0.966 bits per heavy atom. The summed E-state index contributed by atoms with van der Waals surface area (Å²) in [4.78, 5) is 14.5. The Balaban J connectivity index is 1.43. The van der Waals surface area contributed by atoms with E-state index in [0.717, 1.165) is 29.2 Å². The molecule has 0 atom stereocenters. The van der Waals surface area contributed by atoms with Crippen molar-refractivity contribution in [1.82, 2.24) is 4.90 Å². The zero-order valence-electron chi connectivity index (χ0n) is 16.4. The van der Waals surface area contributed by atoms with Crippen LogP contribution in [0.15, 0.2) is 53.4 Å². The van der Waals surface area contributed by atoms with Crippen LogP contribution in [0.3, 0.4) is 0 Å². The molecule has 1 aliphatic rings. The van der Waals surface area contributed by atoms with E-state index < -0.39 is 0 Å². The topological polar surface area (TPSA) is 48.0 Å². The van der Waals surface area contributed by atoms with Crippen LogP contribution in [0.2, 0.25) is 0 Å². The fourth-order valence-electron chi connectivity index (χ4n) is 2.70. The fraction of sp³-hybridized carbons (Fsp3) is 0.273. The van der Waals surface area contributed by atoms with Gasteiger partial charge in [0.2, 0.25) is 0 Å². The van der Waals surface area contributed by atoms with E-state index in [0.29, 0.717) is 29.0 Å². The summed E-state index contributed by atoms with van der Waals surface area (Å²) in [7, 11) is 1.64. The molecular weight excluding hydrogens is 406 g/mol. The minimum atomic E-state index is -0.0281. The summed E-state index contributed by atoms with van der Waals surface area (Å²) < 4.78 is 17.2. The summed E-state index contributed by atoms with van der Waals surface area (Å²) in [5, 5.41) is 0. The first kappa shape index (κ1) is 21.2.